The molecule has 2 atom stereocenters. The molecule has 1 amide bonds. The Morgan fingerprint density at radius 1 is 1.11 bits per heavy atom. The van der Waals surface area contributed by atoms with E-state index in [1.165, 1.54) is 17.7 Å². The maximum absolute atomic E-state index is 13.8. The fourth-order valence-corrected chi connectivity index (χ4v) is 4.65. The third kappa shape index (κ3) is 4.91. The number of aliphatic hydroxyl groups is 1. The maximum Gasteiger partial charge on any atom is 0.227 e. The summed E-state index contributed by atoms with van der Waals surface area (Å²) in [4.78, 5) is 19.3. The largest absolute Gasteiger partial charge is 0.491 e. The molecular formula is C28H28FN3O3. The molecule has 0 bridgehead atoms. The van der Waals surface area contributed by atoms with Gasteiger partial charge in [-0.3, -0.25) is 4.79 Å². The topological polar surface area (TPSA) is 67.6 Å². The first-order valence-corrected chi connectivity index (χ1v) is 11.9. The molecule has 1 N–H and O–H groups in total. The molecular weight excluding hydrogens is 445 g/mol. The standard InChI is InChI=1S/C28H28FN3O3/c1-2-19-10-12-24(13-11-19)35-18-23(33)17-32-26-9-4-3-8-25(26)30-28(32)20-14-27(34)31(16-20)22-7-5-6-21(29)15-22/h3-13,15,20,23,33H,2,14,16-18H2,1H3/t20-,23+/m1/s1. The molecule has 6 nitrogen and oxygen atoms in total. The monoisotopic (exact) mass is 473 g/mol. The van der Waals surface area contributed by atoms with Gasteiger partial charge in [0.05, 0.1) is 17.6 Å². The van der Waals surface area contributed by atoms with Crippen LogP contribution in [-0.2, 0) is 17.8 Å². The molecule has 2 heterocycles. The molecule has 180 valence electrons. The second kappa shape index (κ2) is 9.88. The highest BCUT2D eigenvalue weighted by molar-refractivity contribution is 5.96. The number of ether oxygens (including phenoxy) is 1. The molecule has 7 heteroatoms. The highest BCUT2D eigenvalue weighted by atomic mass is 19.1. The minimum absolute atomic E-state index is 0.0707. The Morgan fingerprint density at radius 2 is 1.91 bits per heavy atom. The van der Waals surface area contributed by atoms with Crippen LogP contribution < -0.4 is 9.64 Å². The van der Waals surface area contributed by atoms with Gasteiger partial charge in [0.1, 0.15) is 30.1 Å². The molecule has 0 radical (unpaired) electrons. The van der Waals surface area contributed by atoms with Gasteiger partial charge in [0.2, 0.25) is 5.91 Å². The fraction of sp³-hybridized carbons (Fsp3) is 0.286. The van der Waals surface area contributed by atoms with Gasteiger partial charge in [-0.25, -0.2) is 9.37 Å². The number of anilines is 1. The summed E-state index contributed by atoms with van der Waals surface area (Å²) in [6.45, 7) is 2.92. The van der Waals surface area contributed by atoms with E-state index >= 15 is 0 Å². The SMILES string of the molecule is CCc1ccc(OC[C@@H](O)Cn2c([C@@H]3CC(=O)N(c4cccc(F)c4)C3)nc3ccccc32)cc1. The van der Waals surface area contributed by atoms with Gasteiger partial charge in [-0.1, -0.05) is 37.3 Å². The van der Waals surface area contributed by atoms with Crippen molar-refractivity contribution >= 4 is 22.6 Å². The lowest BCUT2D eigenvalue weighted by molar-refractivity contribution is -0.117. The predicted molar refractivity (Wildman–Crippen MR) is 133 cm³/mol. The molecule has 4 aromatic rings. The van der Waals surface area contributed by atoms with E-state index in [2.05, 4.69) is 6.92 Å². The Bertz CT molecular complexity index is 1340. The molecule has 0 spiro atoms. The number of aryl methyl sites for hydroxylation is 1. The predicted octanol–water partition coefficient (Wildman–Crippen LogP) is 4.70. The zero-order valence-corrected chi connectivity index (χ0v) is 19.6. The lowest BCUT2D eigenvalue weighted by atomic mass is 10.1. The van der Waals surface area contributed by atoms with Crippen LogP contribution in [0, 0.1) is 5.82 Å². The molecule has 1 aliphatic heterocycles. The maximum atomic E-state index is 13.8. The van der Waals surface area contributed by atoms with Crippen molar-refractivity contribution in [2.24, 2.45) is 0 Å². The summed E-state index contributed by atoms with van der Waals surface area (Å²) < 4.78 is 21.6. The van der Waals surface area contributed by atoms with E-state index in [4.69, 9.17) is 9.72 Å². The Labute approximate surface area is 203 Å². The molecule has 1 aromatic heterocycles. The third-order valence-electron chi connectivity index (χ3n) is 6.46. The smallest absolute Gasteiger partial charge is 0.227 e. The van der Waals surface area contributed by atoms with E-state index in [1.54, 1.807) is 17.0 Å². The van der Waals surface area contributed by atoms with Crippen LogP contribution in [0.1, 0.15) is 30.7 Å². The molecule has 3 aromatic carbocycles. The van der Waals surface area contributed by atoms with Crippen molar-refractivity contribution in [2.75, 3.05) is 18.1 Å². The number of amides is 1. The zero-order valence-electron chi connectivity index (χ0n) is 19.6. The normalized spacial score (nSPS) is 16.7. The van der Waals surface area contributed by atoms with Crippen LogP contribution in [0.4, 0.5) is 10.1 Å². The van der Waals surface area contributed by atoms with Crippen LogP contribution in [0.15, 0.2) is 72.8 Å². The first-order valence-electron chi connectivity index (χ1n) is 11.9. The quantitative estimate of drug-likeness (QED) is 0.403. The van der Waals surface area contributed by atoms with Crippen LogP contribution in [0.25, 0.3) is 11.0 Å². The van der Waals surface area contributed by atoms with Crippen LogP contribution in [0.3, 0.4) is 0 Å². The Kier molecular flexibility index (Phi) is 6.51. The minimum atomic E-state index is -0.770. The van der Waals surface area contributed by atoms with Crippen molar-refractivity contribution < 1.29 is 19.0 Å². The van der Waals surface area contributed by atoms with E-state index in [0.29, 0.717) is 18.0 Å². The summed E-state index contributed by atoms with van der Waals surface area (Å²) in [5.41, 5.74) is 3.47. The first-order chi connectivity index (χ1) is 17.0. The highest BCUT2D eigenvalue weighted by Crippen LogP contribution is 2.33. The average Bonchev–Trinajstić information content (AvgIpc) is 3.43. The van der Waals surface area contributed by atoms with E-state index in [0.717, 1.165) is 23.3 Å². The van der Waals surface area contributed by atoms with Gasteiger partial charge in [-0.2, -0.15) is 0 Å². The average molecular weight is 474 g/mol. The van der Waals surface area contributed by atoms with Gasteiger partial charge in [-0.05, 0) is 54.4 Å². The highest BCUT2D eigenvalue weighted by Gasteiger charge is 2.35. The fourth-order valence-electron chi connectivity index (χ4n) is 4.65. The van der Waals surface area contributed by atoms with Gasteiger partial charge in [-0.15, -0.1) is 0 Å². The summed E-state index contributed by atoms with van der Waals surface area (Å²) >= 11 is 0. The molecule has 1 saturated heterocycles. The van der Waals surface area contributed by atoms with Gasteiger partial charge < -0.3 is 19.3 Å². The molecule has 1 fully saturated rings. The number of rotatable bonds is 8. The van der Waals surface area contributed by atoms with E-state index in [-0.39, 0.29) is 37.2 Å². The van der Waals surface area contributed by atoms with E-state index in [9.17, 15) is 14.3 Å². The number of aromatic nitrogens is 2. The van der Waals surface area contributed by atoms with Crippen molar-refractivity contribution in [1.29, 1.82) is 0 Å². The summed E-state index contributed by atoms with van der Waals surface area (Å²) in [6.07, 6.45) is 0.462. The number of hydrogen-bond donors (Lipinski definition) is 1. The van der Waals surface area contributed by atoms with Crippen molar-refractivity contribution in [3.63, 3.8) is 0 Å². The van der Waals surface area contributed by atoms with Crippen molar-refractivity contribution in [1.82, 2.24) is 9.55 Å². The summed E-state index contributed by atoms with van der Waals surface area (Å²) in [5.74, 6) is 0.832. The van der Waals surface area contributed by atoms with E-state index in [1.807, 2.05) is 53.1 Å². The molecule has 5 rings (SSSR count). The Morgan fingerprint density at radius 3 is 2.69 bits per heavy atom. The van der Waals surface area contributed by atoms with Crippen LogP contribution in [0.2, 0.25) is 0 Å². The molecule has 1 aliphatic rings. The van der Waals surface area contributed by atoms with Gasteiger partial charge in [0.15, 0.2) is 0 Å². The molecule has 35 heavy (non-hydrogen) atoms. The summed E-state index contributed by atoms with van der Waals surface area (Å²) in [5, 5.41) is 10.8. The third-order valence-corrected chi connectivity index (χ3v) is 6.46. The number of aliphatic hydroxyl groups excluding tert-OH is 1. The lowest BCUT2D eigenvalue weighted by Crippen LogP contribution is -2.26. The number of carbonyl (C=O) groups is 1. The Hall–Kier alpha value is -3.71. The number of carbonyl (C=O) groups excluding carboxylic acids is 1. The number of fused-ring (bicyclic) bond motifs is 1. The number of para-hydroxylation sites is 2. The lowest BCUT2D eigenvalue weighted by Gasteiger charge is -2.19. The zero-order chi connectivity index (χ0) is 24.4. The van der Waals surface area contributed by atoms with Gasteiger partial charge in [0, 0.05) is 24.6 Å². The number of nitrogens with zero attached hydrogens (tertiary/aromatic N) is 3. The first kappa shape index (κ1) is 23.1. The number of imidazole rings is 1. The minimum Gasteiger partial charge on any atom is -0.491 e. The number of benzene rings is 3. The molecule has 0 saturated carbocycles. The summed E-state index contributed by atoms with van der Waals surface area (Å²) in [7, 11) is 0. The second-order valence-electron chi connectivity index (χ2n) is 8.92. The van der Waals surface area contributed by atoms with E-state index < -0.39 is 6.10 Å². The van der Waals surface area contributed by atoms with Crippen LogP contribution in [-0.4, -0.2) is 39.8 Å². The second-order valence-corrected chi connectivity index (χ2v) is 8.92. The van der Waals surface area contributed by atoms with Crippen LogP contribution >= 0.6 is 0 Å². The van der Waals surface area contributed by atoms with Crippen molar-refractivity contribution in [3.8, 4) is 5.75 Å². The molecule has 0 aliphatic carbocycles. The van der Waals surface area contributed by atoms with Crippen molar-refractivity contribution in [3.05, 3.63) is 90.0 Å². The van der Waals surface area contributed by atoms with Gasteiger partial charge in [0.25, 0.3) is 0 Å². The molecule has 0 unspecified atom stereocenters. The van der Waals surface area contributed by atoms with Crippen molar-refractivity contribution in [2.45, 2.75) is 38.3 Å². The van der Waals surface area contributed by atoms with Crippen LogP contribution in [0.5, 0.6) is 5.75 Å². The number of halogens is 1. The van der Waals surface area contributed by atoms with Gasteiger partial charge >= 0.3 is 0 Å². The Balaban J connectivity index is 1.36. The summed E-state index contributed by atoms with van der Waals surface area (Å²) in [6, 6.07) is 21.7. The number of hydrogen-bond acceptors (Lipinski definition) is 4.